The molecule has 0 aliphatic carbocycles. The van der Waals surface area contributed by atoms with Gasteiger partial charge in [-0.1, -0.05) is 0 Å². The Kier molecular flexibility index (Phi) is 2.14. The predicted octanol–water partition coefficient (Wildman–Crippen LogP) is 2.48. The van der Waals surface area contributed by atoms with E-state index in [4.69, 9.17) is 0 Å². The average Bonchev–Trinajstić information content (AvgIpc) is 2.39. The molecule has 1 atom stereocenters. The van der Waals surface area contributed by atoms with Crippen molar-refractivity contribution in [2.75, 3.05) is 16.8 Å². The summed E-state index contributed by atoms with van der Waals surface area (Å²) in [5.41, 5.74) is 1.33. The van der Waals surface area contributed by atoms with E-state index in [0.717, 1.165) is 5.82 Å². The van der Waals surface area contributed by atoms with Crippen molar-refractivity contribution in [3.63, 3.8) is 0 Å². The molecule has 0 saturated carbocycles. The summed E-state index contributed by atoms with van der Waals surface area (Å²) in [6.45, 7) is 8.89. The quantitative estimate of drug-likeness (QED) is 0.648. The van der Waals surface area contributed by atoms with Gasteiger partial charge < -0.3 is 9.80 Å². The lowest BCUT2D eigenvalue weighted by Crippen LogP contribution is -2.49. The number of pyridine rings is 1. The normalized spacial score (nSPS) is 20.7. The van der Waals surface area contributed by atoms with Crippen LogP contribution in [0.4, 0.5) is 11.5 Å². The van der Waals surface area contributed by atoms with E-state index in [1.807, 2.05) is 12.3 Å². The Bertz CT molecular complexity index is 367. The second kappa shape index (κ2) is 3.12. The molecule has 0 bridgehead atoms. The Labute approximate surface area is 91.7 Å². The van der Waals surface area contributed by atoms with Crippen molar-refractivity contribution in [3.8, 4) is 0 Å². The van der Waals surface area contributed by atoms with E-state index in [1.165, 1.54) is 5.69 Å². The first-order valence-electron chi connectivity index (χ1n) is 5.40. The van der Waals surface area contributed by atoms with E-state index in [1.54, 1.807) is 0 Å². The van der Waals surface area contributed by atoms with Crippen LogP contribution in [-0.2, 0) is 0 Å². The number of aromatic nitrogens is 1. The van der Waals surface area contributed by atoms with Gasteiger partial charge in [0.1, 0.15) is 6.17 Å². The molecule has 0 N–H and O–H groups in total. The maximum atomic E-state index is 4.49. The maximum absolute atomic E-state index is 4.49. The zero-order valence-corrected chi connectivity index (χ0v) is 10.2. The molecule has 1 aromatic heterocycles. The first kappa shape index (κ1) is 10.3. The van der Waals surface area contributed by atoms with Gasteiger partial charge in [0, 0.05) is 18.8 Å². The summed E-state index contributed by atoms with van der Waals surface area (Å²) in [6, 6.07) is 4.12. The minimum atomic E-state index is 0.104. The number of hydrogen-bond donors (Lipinski definition) is 0. The van der Waals surface area contributed by atoms with Gasteiger partial charge >= 0.3 is 0 Å². The van der Waals surface area contributed by atoms with Gasteiger partial charge in [0.2, 0.25) is 0 Å². The fourth-order valence-electron chi connectivity index (χ4n) is 2.28. The molecule has 2 heterocycles. The van der Waals surface area contributed by atoms with Crippen LogP contribution in [0.15, 0.2) is 18.3 Å². The second-order valence-corrected chi connectivity index (χ2v) is 5.13. The summed E-state index contributed by atoms with van der Waals surface area (Å²) in [5, 5.41) is 0. The van der Waals surface area contributed by atoms with Crippen molar-refractivity contribution in [2.24, 2.45) is 0 Å². The Morgan fingerprint density at radius 3 is 2.60 bits per heavy atom. The van der Waals surface area contributed by atoms with Crippen LogP contribution >= 0.6 is 0 Å². The van der Waals surface area contributed by atoms with Crippen molar-refractivity contribution in [3.05, 3.63) is 18.3 Å². The fourth-order valence-corrected chi connectivity index (χ4v) is 2.28. The Balaban J connectivity index is 2.52. The summed E-state index contributed by atoms with van der Waals surface area (Å²) in [7, 11) is 2.12. The van der Waals surface area contributed by atoms with Gasteiger partial charge in [-0.3, -0.25) is 0 Å². The van der Waals surface area contributed by atoms with Gasteiger partial charge in [0.05, 0.1) is 5.69 Å². The molecule has 2 rings (SSSR count). The molecule has 1 aliphatic heterocycles. The molecule has 0 aromatic carbocycles. The summed E-state index contributed by atoms with van der Waals surface area (Å²) in [4.78, 5) is 9.13. The molecular weight excluding hydrogens is 186 g/mol. The number of rotatable bonds is 0. The second-order valence-electron chi connectivity index (χ2n) is 5.13. The van der Waals surface area contributed by atoms with Gasteiger partial charge in [-0.15, -0.1) is 0 Å². The standard InChI is InChI=1S/C12H19N3/c1-9-14(5)10-7-6-8-13-11(10)15(9)12(2,3)4/h6-9H,1-5H3. The Morgan fingerprint density at radius 1 is 1.33 bits per heavy atom. The third kappa shape index (κ3) is 1.46. The minimum absolute atomic E-state index is 0.104. The van der Waals surface area contributed by atoms with E-state index in [-0.39, 0.29) is 5.54 Å². The number of hydrogen-bond acceptors (Lipinski definition) is 3. The number of nitrogens with zero attached hydrogens (tertiary/aromatic N) is 3. The molecule has 0 spiro atoms. The largest absolute Gasteiger partial charge is 0.351 e. The molecule has 82 valence electrons. The van der Waals surface area contributed by atoms with Gasteiger partial charge in [0.25, 0.3) is 0 Å². The van der Waals surface area contributed by atoms with E-state index in [9.17, 15) is 0 Å². The highest BCUT2D eigenvalue weighted by atomic mass is 15.4. The highest BCUT2D eigenvalue weighted by Gasteiger charge is 2.37. The molecule has 3 nitrogen and oxygen atoms in total. The smallest absolute Gasteiger partial charge is 0.154 e. The van der Waals surface area contributed by atoms with E-state index in [0.29, 0.717) is 6.17 Å². The molecule has 1 aliphatic rings. The molecule has 1 aromatic rings. The minimum Gasteiger partial charge on any atom is -0.351 e. The molecule has 15 heavy (non-hydrogen) atoms. The van der Waals surface area contributed by atoms with Crippen molar-refractivity contribution >= 4 is 11.5 Å². The highest BCUT2D eigenvalue weighted by Crippen LogP contribution is 2.40. The van der Waals surface area contributed by atoms with Crippen LogP contribution in [-0.4, -0.2) is 23.7 Å². The van der Waals surface area contributed by atoms with Crippen molar-refractivity contribution in [2.45, 2.75) is 39.4 Å². The third-order valence-electron chi connectivity index (χ3n) is 3.03. The summed E-state index contributed by atoms with van der Waals surface area (Å²) in [6.07, 6.45) is 2.23. The molecule has 3 heteroatoms. The van der Waals surface area contributed by atoms with E-state index < -0.39 is 0 Å². The van der Waals surface area contributed by atoms with Crippen LogP contribution in [0.25, 0.3) is 0 Å². The van der Waals surface area contributed by atoms with Gasteiger partial charge in [-0.25, -0.2) is 4.98 Å². The first-order chi connectivity index (χ1) is 6.93. The van der Waals surface area contributed by atoms with Crippen LogP contribution in [0.1, 0.15) is 27.7 Å². The van der Waals surface area contributed by atoms with Gasteiger partial charge in [-0.05, 0) is 39.8 Å². The third-order valence-corrected chi connectivity index (χ3v) is 3.03. The van der Waals surface area contributed by atoms with Crippen LogP contribution < -0.4 is 9.80 Å². The van der Waals surface area contributed by atoms with Gasteiger partial charge in [0.15, 0.2) is 5.82 Å². The first-order valence-corrected chi connectivity index (χ1v) is 5.40. The van der Waals surface area contributed by atoms with Crippen molar-refractivity contribution in [1.82, 2.24) is 4.98 Å². The summed E-state index contributed by atoms with van der Waals surface area (Å²) < 4.78 is 0. The molecule has 0 fully saturated rings. The zero-order chi connectivity index (χ0) is 11.2. The van der Waals surface area contributed by atoms with E-state index in [2.05, 4.69) is 55.6 Å². The number of anilines is 2. The SMILES string of the molecule is CC1N(C)c2cccnc2N1C(C)(C)C. The van der Waals surface area contributed by atoms with Crippen molar-refractivity contribution < 1.29 is 0 Å². The van der Waals surface area contributed by atoms with Crippen LogP contribution in [0.5, 0.6) is 0 Å². The van der Waals surface area contributed by atoms with E-state index >= 15 is 0 Å². The average molecular weight is 205 g/mol. The zero-order valence-electron chi connectivity index (χ0n) is 10.2. The Hall–Kier alpha value is -1.25. The number of fused-ring (bicyclic) bond motifs is 1. The molecule has 0 amide bonds. The maximum Gasteiger partial charge on any atom is 0.154 e. The molecule has 0 radical (unpaired) electrons. The summed E-state index contributed by atoms with van der Waals surface area (Å²) >= 11 is 0. The summed E-state index contributed by atoms with van der Waals surface area (Å²) in [5.74, 6) is 1.10. The monoisotopic (exact) mass is 205 g/mol. The molecule has 1 unspecified atom stereocenters. The lowest BCUT2D eigenvalue weighted by Gasteiger charge is -2.38. The van der Waals surface area contributed by atoms with Gasteiger partial charge in [-0.2, -0.15) is 0 Å². The fraction of sp³-hybridized carbons (Fsp3) is 0.583. The van der Waals surface area contributed by atoms with Crippen LogP contribution in [0, 0.1) is 0 Å². The van der Waals surface area contributed by atoms with Crippen LogP contribution in [0.2, 0.25) is 0 Å². The lowest BCUT2D eigenvalue weighted by molar-refractivity contribution is 0.460. The molecular formula is C12H19N3. The lowest BCUT2D eigenvalue weighted by atomic mass is 10.1. The highest BCUT2D eigenvalue weighted by molar-refractivity contribution is 5.74. The Morgan fingerprint density at radius 2 is 2.00 bits per heavy atom. The topological polar surface area (TPSA) is 19.4 Å². The molecule has 0 saturated heterocycles. The van der Waals surface area contributed by atoms with Crippen LogP contribution in [0.3, 0.4) is 0 Å². The predicted molar refractivity (Wildman–Crippen MR) is 64.3 cm³/mol. The van der Waals surface area contributed by atoms with Crippen molar-refractivity contribution in [1.29, 1.82) is 0 Å².